The van der Waals surface area contributed by atoms with Crippen molar-refractivity contribution < 1.29 is 23.1 Å². The molecule has 0 saturated carbocycles. The molecule has 100 valence electrons. The number of rotatable bonds is 6. The van der Waals surface area contributed by atoms with Crippen molar-refractivity contribution in [1.82, 2.24) is 0 Å². The first-order chi connectivity index (χ1) is 8.48. The molecule has 5 nitrogen and oxygen atoms in total. The normalized spacial score (nSPS) is 11.2. The van der Waals surface area contributed by atoms with Crippen LogP contribution in [0.15, 0.2) is 24.3 Å². The molecule has 0 amide bonds. The van der Waals surface area contributed by atoms with Gasteiger partial charge in [-0.2, -0.15) is 0 Å². The fourth-order valence-corrected chi connectivity index (χ4v) is 2.88. The number of hydrogen-bond acceptors (Lipinski definition) is 5. The highest BCUT2D eigenvalue weighted by Gasteiger charge is 2.12. The number of esters is 1. The monoisotopic (exact) mass is 272 g/mol. The van der Waals surface area contributed by atoms with Gasteiger partial charge < -0.3 is 9.84 Å². The van der Waals surface area contributed by atoms with E-state index in [9.17, 15) is 13.2 Å². The fourth-order valence-electron chi connectivity index (χ4n) is 1.47. The van der Waals surface area contributed by atoms with Crippen LogP contribution in [0.4, 0.5) is 0 Å². The van der Waals surface area contributed by atoms with E-state index in [2.05, 4.69) is 4.74 Å². The van der Waals surface area contributed by atoms with E-state index in [0.29, 0.717) is 11.1 Å². The van der Waals surface area contributed by atoms with Gasteiger partial charge in [0.25, 0.3) is 0 Å². The van der Waals surface area contributed by atoms with Gasteiger partial charge >= 0.3 is 5.97 Å². The molecule has 1 aromatic carbocycles. The van der Waals surface area contributed by atoms with Crippen LogP contribution < -0.4 is 0 Å². The number of benzene rings is 1. The second-order valence-electron chi connectivity index (χ2n) is 3.86. The van der Waals surface area contributed by atoms with Gasteiger partial charge in [0.15, 0.2) is 9.84 Å². The standard InChI is InChI=1S/C12H16O5S/c1-17-12(14)11-5-3-10(4-6-11)9-18(15,16)8-2-7-13/h3-6,13H,2,7-9H2,1H3. The zero-order valence-corrected chi connectivity index (χ0v) is 10.9. The molecule has 1 N–H and O–H groups in total. The number of carbonyl (C=O) groups excluding carboxylic acids is 1. The molecule has 0 aliphatic heterocycles. The van der Waals surface area contributed by atoms with E-state index in [1.54, 1.807) is 12.1 Å². The molecule has 0 spiro atoms. The fraction of sp³-hybridized carbons (Fsp3) is 0.417. The van der Waals surface area contributed by atoms with E-state index in [1.165, 1.54) is 19.2 Å². The molecule has 0 heterocycles. The molecule has 18 heavy (non-hydrogen) atoms. The van der Waals surface area contributed by atoms with Gasteiger partial charge in [-0.3, -0.25) is 0 Å². The smallest absolute Gasteiger partial charge is 0.337 e. The Morgan fingerprint density at radius 1 is 1.28 bits per heavy atom. The Morgan fingerprint density at radius 2 is 1.89 bits per heavy atom. The molecule has 0 fully saturated rings. The minimum absolute atomic E-state index is 0.0394. The van der Waals surface area contributed by atoms with Crippen LogP contribution in [0.1, 0.15) is 22.3 Å². The molecule has 1 rings (SSSR count). The number of methoxy groups -OCH3 is 1. The van der Waals surface area contributed by atoms with Crippen LogP contribution in [0.25, 0.3) is 0 Å². The first-order valence-corrected chi connectivity index (χ1v) is 7.29. The molecular weight excluding hydrogens is 256 g/mol. The summed E-state index contributed by atoms with van der Waals surface area (Å²) < 4.78 is 27.8. The van der Waals surface area contributed by atoms with Crippen LogP contribution in [0.3, 0.4) is 0 Å². The van der Waals surface area contributed by atoms with Crippen molar-refractivity contribution in [2.24, 2.45) is 0 Å². The Bertz CT molecular complexity index is 490. The van der Waals surface area contributed by atoms with Gasteiger partial charge in [0.2, 0.25) is 0 Å². The molecule has 0 aliphatic carbocycles. The first-order valence-electron chi connectivity index (χ1n) is 5.47. The minimum Gasteiger partial charge on any atom is -0.465 e. The van der Waals surface area contributed by atoms with Crippen molar-refractivity contribution in [3.05, 3.63) is 35.4 Å². The van der Waals surface area contributed by atoms with E-state index >= 15 is 0 Å². The van der Waals surface area contributed by atoms with E-state index in [0.717, 1.165) is 0 Å². The maximum absolute atomic E-state index is 11.6. The number of carbonyl (C=O) groups is 1. The van der Waals surface area contributed by atoms with Crippen molar-refractivity contribution >= 4 is 15.8 Å². The summed E-state index contributed by atoms with van der Waals surface area (Å²) in [6.07, 6.45) is 0.239. The summed E-state index contributed by atoms with van der Waals surface area (Å²) in [7, 11) is -1.92. The van der Waals surface area contributed by atoms with Gasteiger partial charge in [-0.1, -0.05) is 12.1 Å². The Labute approximate surface area is 106 Å². The largest absolute Gasteiger partial charge is 0.465 e. The molecule has 0 radical (unpaired) electrons. The van der Waals surface area contributed by atoms with Gasteiger partial charge in [0, 0.05) is 6.61 Å². The van der Waals surface area contributed by atoms with Crippen molar-refractivity contribution in [2.75, 3.05) is 19.5 Å². The quantitative estimate of drug-likeness (QED) is 0.774. The average molecular weight is 272 g/mol. The van der Waals surface area contributed by atoms with E-state index < -0.39 is 15.8 Å². The Hall–Kier alpha value is -1.40. The number of sulfone groups is 1. The molecule has 0 aromatic heterocycles. The average Bonchev–Trinajstić information content (AvgIpc) is 2.36. The molecule has 0 aliphatic rings. The molecule has 1 aromatic rings. The summed E-state index contributed by atoms with van der Waals surface area (Å²) >= 11 is 0. The van der Waals surface area contributed by atoms with Crippen LogP contribution >= 0.6 is 0 Å². The SMILES string of the molecule is COC(=O)c1ccc(CS(=O)(=O)CCCO)cc1. The van der Waals surface area contributed by atoms with Crippen molar-refractivity contribution in [3.63, 3.8) is 0 Å². The van der Waals surface area contributed by atoms with Crippen LogP contribution in [-0.2, 0) is 20.3 Å². The van der Waals surface area contributed by atoms with Crippen LogP contribution in [-0.4, -0.2) is 39.0 Å². The maximum atomic E-state index is 11.6. The zero-order valence-electron chi connectivity index (χ0n) is 10.1. The second-order valence-corrected chi connectivity index (χ2v) is 6.04. The van der Waals surface area contributed by atoms with Crippen LogP contribution in [0.2, 0.25) is 0 Å². The third-order valence-electron chi connectivity index (χ3n) is 2.38. The van der Waals surface area contributed by atoms with Crippen molar-refractivity contribution in [3.8, 4) is 0 Å². The lowest BCUT2D eigenvalue weighted by Gasteiger charge is -2.04. The number of ether oxygens (including phenoxy) is 1. The maximum Gasteiger partial charge on any atom is 0.337 e. The van der Waals surface area contributed by atoms with Gasteiger partial charge in [0.05, 0.1) is 24.2 Å². The first kappa shape index (κ1) is 14.7. The number of aliphatic hydroxyl groups excluding tert-OH is 1. The number of aliphatic hydroxyl groups is 1. The van der Waals surface area contributed by atoms with Gasteiger partial charge in [-0.15, -0.1) is 0 Å². The van der Waals surface area contributed by atoms with Crippen LogP contribution in [0.5, 0.6) is 0 Å². The Balaban J connectivity index is 2.72. The predicted molar refractivity (Wildman–Crippen MR) is 67.0 cm³/mol. The summed E-state index contributed by atoms with van der Waals surface area (Å²) in [5.41, 5.74) is 0.995. The predicted octanol–water partition coefficient (Wildman–Crippen LogP) is 0.770. The lowest BCUT2D eigenvalue weighted by atomic mass is 10.1. The second kappa shape index (κ2) is 6.51. The Morgan fingerprint density at radius 3 is 2.39 bits per heavy atom. The van der Waals surface area contributed by atoms with Gasteiger partial charge in [0.1, 0.15) is 0 Å². The summed E-state index contributed by atoms with van der Waals surface area (Å²) in [5.74, 6) is -0.582. The lowest BCUT2D eigenvalue weighted by Crippen LogP contribution is -2.10. The van der Waals surface area contributed by atoms with Crippen LogP contribution in [0, 0.1) is 0 Å². The molecular formula is C12H16O5S. The highest BCUT2D eigenvalue weighted by molar-refractivity contribution is 7.90. The lowest BCUT2D eigenvalue weighted by molar-refractivity contribution is 0.0600. The highest BCUT2D eigenvalue weighted by atomic mass is 32.2. The zero-order chi connectivity index (χ0) is 13.6. The van der Waals surface area contributed by atoms with E-state index in [-0.39, 0.29) is 24.5 Å². The molecule has 6 heteroatoms. The highest BCUT2D eigenvalue weighted by Crippen LogP contribution is 2.10. The minimum atomic E-state index is -3.21. The molecule has 0 bridgehead atoms. The summed E-state index contributed by atoms with van der Waals surface area (Å²) in [4.78, 5) is 11.2. The summed E-state index contributed by atoms with van der Waals surface area (Å²) in [5, 5.41) is 8.60. The Kier molecular flexibility index (Phi) is 5.30. The summed E-state index contributed by atoms with van der Waals surface area (Å²) in [6, 6.07) is 6.23. The van der Waals surface area contributed by atoms with Crippen molar-refractivity contribution in [1.29, 1.82) is 0 Å². The van der Waals surface area contributed by atoms with Gasteiger partial charge in [-0.05, 0) is 24.1 Å². The third-order valence-corrected chi connectivity index (χ3v) is 4.06. The number of hydrogen-bond donors (Lipinski definition) is 1. The third kappa shape index (κ3) is 4.46. The molecule has 0 unspecified atom stereocenters. The summed E-state index contributed by atoms with van der Waals surface area (Å²) in [6.45, 7) is -0.138. The van der Waals surface area contributed by atoms with E-state index in [4.69, 9.17) is 5.11 Å². The van der Waals surface area contributed by atoms with E-state index in [1.807, 2.05) is 0 Å². The van der Waals surface area contributed by atoms with Gasteiger partial charge in [-0.25, -0.2) is 13.2 Å². The topological polar surface area (TPSA) is 80.7 Å². The van der Waals surface area contributed by atoms with Crippen molar-refractivity contribution in [2.45, 2.75) is 12.2 Å². The molecule has 0 saturated heterocycles. The molecule has 0 atom stereocenters.